The minimum Gasteiger partial charge on any atom is -0.497 e. The number of morpholine rings is 1. The highest BCUT2D eigenvalue weighted by molar-refractivity contribution is 7.22. The van der Waals surface area contributed by atoms with Crippen molar-refractivity contribution >= 4 is 33.1 Å². The van der Waals surface area contributed by atoms with Crippen LogP contribution in [0.25, 0.3) is 20.9 Å². The summed E-state index contributed by atoms with van der Waals surface area (Å²) in [5, 5.41) is 3.44. The van der Waals surface area contributed by atoms with Crippen molar-refractivity contribution in [3.8, 4) is 22.1 Å². The second kappa shape index (κ2) is 11.2. The normalized spacial score (nSPS) is 14.0. The number of hydrogen-bond donors (Lipinski definition) is 1. The van der Waals surface area contributed by atoms with Crippen LogP contribution in [0.3, 0.4) is 0 Å². The zero-order valence-electron chi connectivity index (χ0n) is 21.1. The summed E-state index contributed by atoms with van der Waals surface area (Å²) in [6.45, 7) is 4.66. The zero-order chi connectivity index (χ0) is 25.7. The van der Waals surface area contributed by atoms with Crippen LogP contribution in [0.4, 0.5) is 11.5 Å². The van der Waals surface area contributed by atoms with Gasteiger partial charge in [0.2, 0.25) is 0 Å². The van der Waals surface area contributed by atoms with E-state index in [2.05, 4.69) is 32.3 Å². The fraction of sp³-hybridized carbons (Fsp3) is 0.241. The highest BCUT2D eigenvalue weighted by Gasteiger charge is 2.16. The third-order valence-corrected chi connectivity index (χ3v) is 7.51. The first-order chi connectivity index (χ1) is 18.7. The molecule has 38 heavy (non-hydrogen) atoms. The van der Waals surface area contributed by atoms with E-state index in [-0.39, 0.29) is 0 Å². The maximum Gasteiger partial charge on any atom is 0.151 e. The predicted octanol–water partition coefficient (Wildman–Crippen LogP) is 6.11. The fourth-order valence-electron chi connectivity index (χ4n) is 4.33. The Morgan fingerprint density at radius 3 is 2.68 bits per heavy atom. The molecule has 0 amide bonds. The van der Waals surface area contributed by atoms with Gasteiger partial charge < -0.3 is 23.9 Å². The Morgan fingerprint density at radius 2 is 1.84 bits per heavy atom. The summed E-state index contributed by atoms with van der Waals surface area (Å²) in [6, 6.07) is 21.9. The summed E-state index contributed by atoms with van der Waals surface area (Å²) >= 11 is 1.61. The van der Waals surface area contributed by atoms with Crippen molar-refractivity contribution in [1.82, 2.24) is 14.9 Å². The molecule has 0 spiro atoms. The van der Waals surface area contributed by atoms with E-state index >= 15 is 0 Å². The van der Waals surface area contributed by atoms with Crippen LogP contribution in [0.1, 0.15) is 11.3 Å². The van der Waals surface area contributed by atoms with E-state index in [4.69, 9.17) is 18.6 Å². The topological polar surface area (TPSA) is 81.9 Å². The molecule has 0 aliphatic carbocycles. The lowest BCUT2D eigenvalue weighted by atomic mass is 10.2. The lowest BCUT2D eigenvalue weighted by Crippen LogP contribution is -2.35. The third kappa shape index (κ3) is 5.65. The molecule has 1 aliphatic heterocycles. The summed E-state index contributed by atoms with van der Waals surface area (Å²) < 4.78 is 23.8. The average molecular weight is 529 g/mol. The van der Waals surface area contributed by atoms with Crippen LogP contribution in [0.2, 0.25) is 0 Å². The number of rotatable bonds is 9. The number of hydrogen-bond acceptors (Lipinski definition) is 9. The van der Waals surface area contributed by atoms with Crippen LogP contribution >= 0.6 is 11.3 Å². The van der Waals surface area contributed by atoms with Gasteiger partial charge in [0.1, 0.15) is 36.0 Å². The van der Waals surface area contributed by atoms with Gasteiger partial charge in [-0.2, -0.15) is 0 Å². The molecule has 1 N–H and O–H groups in total. The largest absolute Gasteiger partial charge is 0.497 e. The smallest absolute Gasteiger partial charge is 0.151 e. The summed E-state index contributed by atoms with van der Waals surface area (Å²) in [4.78, 5) is 12.4. The summed E-state index contributed by atoms with van der Waals surface area (Å²) in [6.07, 6.45) is 1.58. The Balaban J connectivity index is 1.16. The van der Waals surface area contributed by atoms with E-state index in [1.54, 1.807) is 24.8 Å². The van der Waals surface area contributed by atoms with E-state index in [9.17, 15) is 0 Å². The molecule has 0 radical (unpaired) electrons. The second-order valence-electron chi connectivity index (χ2n) is 8.99. The number of nitrogens with one attached hydrogen (secondary N) is 1. The second-order valence-corrected chi connectivity index (χ2v) is 10.0. The number of ether oxygens (including phenoxy) is 3. The van der Waals surface area contributed by atoms with Crippen LogP contribution in [0.5, 0.6) is 11.5 Å². The van der Waals surface area contributed by atoms with E-state index in [1.807, 2.05) is 54.6 Å². The van der Waals surface area contributed by atoms with Crippen molar-refractivity contribution < 1.29 is 18.6 Å². The Morgan fingerprint density at radius 1 is 0.974 bits per heavy atom. The molecule has 6 rings (SSSR count). The number of thiophene rings is 1. The monoisotopic (exact) mass is 528 g/mol. The van der Waals surface area contributed by atoms with Gasteiger partial charge in [0.15, 0.2) is 5.82 Å². The van der Waals surface area contributed by atoms with E-state index in [0.29, 0.717) is 6.61 Å². The quantitative estimate of drug-likeness (QED) is 0.245. The van der Waals surface area contributed by atoms with Crippen molar-refractivity contribution in [1.29, 1.82) is 0 Å². The molecule has 0 atom stereocenters. The molecular weight excluding hydrogens is 500 g/mol. The highest BCUT2D eigenvalue weighted by Crippen LogP contribution is 2.37. The number of fused-ring (bicyclic) bond motifs is 1. The molecule has 0 bridgehead atoms. The van der Waals surface area contributed by atoms with E-state index in [1.165, 1.54) is 0 Å². The predicted molar refractivity (Wildman–Crippen MR) is 148 cm³/mol. The molecule has 8 nitrogen and oxygen atoms in total. The maximum absolute atomic E-state index is 6.19. The number of anilines is 2. The first-order valence-electron chi connectivity index (χ1n) is 12.5. The van der Waals surface area contributed by atoms with Crippen molar-refractivity contribution in [3.05, 3.63) is 84.4 Å². The van der Waals surface area contributed by atoms with Crippen LogP contribution in [-0.4, -0.2) is 48.3 Å². The van der Waals surface area contributed by atoms with Crippen molar-refractivity contribution in [3.63, 3.8) is 0 Å². The van der Waals surface area contributed by atoms with E-state index < -0.39 is 0 Å². The van der Waals surface area contributed by atoms with Crippen molar-refractivity contribution in [2.75, 3.05) is 38.7 Å². The van der Waals surface area contributed by atoms with Gasteiger partial charge in [0, 0.05) is 24.8 Å². The molecule has 1 aliphatic rings. The van der Waals surface area contributed by atoms with Gasteiger partial charge in [0.25, 0.3) is 0 Å². The molecule has 1 saturated heterocycles. The number of benzene rings is 2. The molecule has 2 aromatic carbocycles. The van der Waals surface area contributed by atoms with Crippen molar-refractivity contribution in [2.24, 2.45) is 0 Å². The zero-order valence-corrected chi connectivity index (χ0v) is 21.9. The van der Waals surface area contributed by atoms with Gasteiger partial charge in [-0.05, 0) is 48.0 Å². The molecule has 5 aromatic rings. The van der Waals surface area contributed by atoms with E-state index in [0.717, 1.165) is 88.0 Å². The van der Waals surface area contributed by atoms with Gasteiger partial charge in [-0.25, -0.2) is 9.97 Å². The van der Waals surface area contributed by atoms with Crippen LogP contribution in [-0.2, 0) is 17.9 Å². The molecule has 0 unspecified atom stereocenters. The Kier molecular flexibility index (Phi) is 7.21. The molecule has 4 heterocycles. The molecule has 1 fully saturated rings. The molecule has 194 valence electrons. The molecule has 9 heteroatoms. The first-order valence-corrected chi connectivity index (χ1v) is 13.3. The summed E-state index contributed by atoms with van der Waals surface area (Å²) in [5.41, 5.74) is 2.83. The third-order valence-electron chi connectivity index (χ3n) is 6.36. The number of furan rings is 1. The Bertz CT molecular complexity index is 1510. The van der Waals surface area contributed by atoms with Crippen LogP contribution in [0, 0.1) is 0 Å². The molecule has 3 aromatic heterocycles. The SMILES string of the molecule is COc1ccc(COc2cccc(Nc3ncnc4cc(-c5ccc(CN6CCOCC6)o5)sc34)c2)cc1. The first kappa shape index (κ1) is 24.4. The molecule has 0 saturated carbocycles. The lowest BCUT2D eigenvalue weighted by molar-refractivity contribution is 0.0314. The Labute approximate surface area is 224 Å². The minimum absolute atomic E-state index is 0.468. The van der Waals surface area contributed by atoms with Gasteiger partial charge in [-0.1, -0.05) is 18.2 Å². The fourth-order valence-corrected chi connectivity index (χ4v) is 5.35. The maximum atomic E-state index is 6.19. The van der Waals surface area contributed by atoms with Gasteiger partial charge in [0.05, 0.1) is 42.0 Å². The van der Waals surface area contributed by atoms with Crippen molar-refractivity contribution in [2.45, 2.75) is 13.2 Å². The average Bonchev–Trinajstić information content (AvgIpc) is 3.61. The highest BCUT2D eigenvalue weighted by atomic mass is 32.1. The Hall–Kier alpha value is -3.92. The van der Waals surface area contributed by atoms with Crippen LogP contribution in [0.15, 0.2) is 77.5 Å². The van der Waals surface area contributed by atoms with Gasteiger partial charge >= 0.3 is 0 Å². The number of aromatic nitrogens is 2. The lowest BCUT2D eigenvalue weighted by Gasteiger charge is -2.25. The van der Waals surface area contributed by atoms with Gasteiger partial charge in [-0.15, -0.1) is 11.3 Å². The number of nitrogens with zero attached hydrogens (tertiary/aromatic N) is 3. The molecular formula is C29H28N4O4S. The standard InChI is InChI=1S/C29H28N4O4S/c1-34-22-7-5-20(6-8-22)18-36-23-4-2-3-21(15-23)32-29-28-25(30-19-31-29)16-27(38-28)26-10-9-24(37-26)17-33-11-13-35-14-12-33/h2-10,15-16,19H,11-14,17-18H2,1H3,(H,30,31,32). The van der Waals surface area contributed by atoms with Crippen LogP contribution < -0.4 is 14.8 Å². The summed E-state index contributed by atoms with van der Waals surface area (Å²) in [5.74, 6) is 4.14. The number of methoxy groups -OCH3 is 1. The summed E-state index contributed by atoms with van der Waals surface area (Å²) in [7, 11) is 1.66. The minimum atomic E-state index is 0.468. The van der Waals surface area contributed by atoms with Gasteiger partial charge in [-0.3, -0.25) is 4.90 Å².